The molecule has 0 atom stereocenters. The Hall–Kier alpha value is -2.75. The molecule has 1 heterocycles. The van der Waals surface area contributed by atoms with E-state index in [0.717, 1.165) is 16.5 Å². The van der Waals surface area contributed by atoms with Gasteiger partial charge in [-0.3, -0.25) is 4.79 Å². The molecule has 0 aliphatic rings. The molecule has 2 aromatic carbocycles. The van der Waals surface area contributed by atoms with Gasteiger partial charge in [-0.25, -0.2) is 0 Å². The van der Waals surface area contributed by atoms with E-state index in [0.29, 0.717) is 22.6 Å². The van der Waals surface area contributed by atoms with Gasteiger partial charge in [-0.05, 0) is 37.3 Å². The van der Waals surface area contributed by atoms with Crippen LogP contribution in [-0.2, 0) is 0 Å². The van der Waals surface area contributed by atoms with Crippen LogP contribution in [0.25, 0.3) is 10.9 Å². The van der Waals surface area contributed by atoms with E-state index in [1.54, 1.807) is 31.5 Å². The summed E-state index contributed by atoms with van der Waals surface area (Å²) in [6.45, 7) is 2.01. The molecule has 106 valence electrons. The summed E-state index contributed by atoms with van der Waals surface area (Å²) in [6.07, 6.45) is 1.74. The van der Waals surface area contributed by atoms with Gasteiger partial charge >= 0.3 is 0 Å². The van der Waals surface area contributed by atoms with Gasteiger partial charge in [-0.1, -0.05) is 11.6 Å². The zero-order valence-corrected chi connectivity index (χ0v) is 11.9. The molecular formula is C17H16N2O2. The predicted octanol–water partition coefficient (Wildman–Crippen LogP) is 3.30. The number of hydrogen-bond donors (Lipinski definition) is 2. The third-order valence-electron chi connectivity index (χ3n) is 3.57. The number of rotatable bonds is 3. The fourth-order valence-electron chi connectivity index (χ4n) is 2.45. The Balaban J connectivity index is 2.08. The van der Waals surface area contributed by atoms with Gasteiger partial charge in [0.15, 0.2) is 5.78 Å². The Morgan fingerprint density at radius 1 is 1.19 bits per heavy atom. The van der Waals surface area contributed by atoms with Crippen LogP contribution < -0.4 is 10.5 Å². The van der Waals surface area contributed by atoms with Crippen molar-refractivity contribution in [2.75, 3.05) is 12.8 Å². The standard InChI is InChI=1S/C17H16N2O2/c1-10-3-5-15-12(7-10)13(9-19-15)17(20)11-4-6-16(21-2)14(18)8-11/h3-9,19H,18H2,1-2H3. The number of carbonyl (C=O) groups is 1. The number of ether oxygens (including phenoxy) is 1. The van der Waals surface area contributed by atoms with Crippen LogP contribution in [-0.4, -0.2) is 17.9 Å². The second-order valence-electron chi connectivity index (χ2n) is 5.04. The van der Waals surface area contributed by atoms with Crippen molar-refractivity contribution in [3.8, 4) is 5.75 Å². The van der Waals surface area contributed by atoms with Gasteiger partial charge in [0.25, 0.3) is 0 Å². The van der Waals surface area contributed by atoms with Crippen molar-refractivity contribution in [3.05, 3.63) is 59.3 Å². The lowest BCUT2D eigenvalue weighted by atomic mass is 10.0. The lowest BCUT2D eigenvalue weighted by molar-refractivity contribution is 0.104. The van der Waals surface area contributed by atoms with Crippen LogP contribution in [0.3, 0.4) is 0 Å². The molecule has 4 heteroatoms. The zero-order valence-electron chi connectivity index (χ0n) is 11.9. The summed E-state index contributed by atoms with van der Waals surface area (Å²) < 4.78 is 5.11. The van der Waals surface area contributed by atoms with Crippen LogP contribution in [0, 0.1) is 6.92 Å². The molecule has 21 heavy (non-hydrogen) atoms. The minimum absolute atomic E-state index is 0.0544. The van der Waals surface area contributed by atoms with Gasteiger partial charge in [0, 0.05) is 28.2 Å². The normalized spacial score (nSPS) is 10.8. The summed E-state index contributed by atoms with van der Waals surface area (Å²) >= 11 is 0. The molecule has 4 nitrogen and oxygen atoms in total. The van der Waals surface area contributed by atoms with E-state index in [1.165, 1.54) is 0 Å². The molecule has 0 saturated carbocycles. The number of H-pyrrole nitrogens is 1. The van der Waals surface area contributed by atoms with Crippen molar-refractivity contribution >= 4 is 22.4 Å². The van der Waals surface area contributed by atoms with Gasteiger partial charge in [-0.15, -0.1) is 0 Å². The van der Waals surface area contributed by atoms with Crippen LogP contribution in [0.2, 0.25) is 0 Å². The molecular weight excluding hydrogens is 264 g/mol. The highest BCUT2D eigenvalue weighted by molar-refractivity contribution is 6.16. The molecule has 0 radical (unpaired) electrons. The molecule has 0 fully saturated rings. The second-order valence-corrected chi connectivity index (χ2v) is 5.04. The summed E-state index contributed by atoms with van der Waals surface area (Å²) in [6, 6.07) is 11.1. The number of benzene rings is 2. The van der Waals surface area contributed by atoms with Gasteiger partial charge in [0.2, 0.25) is 0 Å². The minimum Gasteiger partial charge on any atom is -0.495 e. The number of methoxy groups -OCH3 is 1. The van der Waals surface area contributed by atoms with E-state index >= 15 is 0 Å². The van der Waals surface area contributed by atoms with Gasteiger partial charge in [0.1, 0.15) is 5.75 Å². The molecule has 0 aliphatic carbocycles. The van der Waals surface area contributed by atoms with Crippen molar-refractivity contribution in [1.29, 1.82) is 0 Å². The summed E-state index contributed by atoms with van der Waals surface area (Å²) in [5.41, 5.74) is 9.60. The molecule has 0 aliphatic heterocycles. The molecule has 3 rings (SSSR count). The van der Waals surface area contributed by atoms with Gasteiger partial charge < -0.3 is 15.5 Å². The van der Waals surface area contributed by atoms with Crippen LogP contribution >= 0.6 is 0 Å². The van der Waals surface area contributed by atoms with Gasteiger partial charge in [0.05, 0.1) is 12.8 Å². The van der Waals surface area contributed by atoms with E-state index in [2.05, 4.69) is 4.98 Å². The third kappa shape index (κ3) is 2.25. The number of fused-ring (bicyclic) bond motifs is 1. The number of aryl methyl sites for hydroxylation is 1. The highest BCUT2D eigenvalue weighted by Crippen LogP contribution is 2.26. The summed E-state index contributed by atoms with van der Waals surface area (Å²) in [5.74, 6) is 0.516. The Labute approximate surface area is 122 Å². The second kappa shape index (κ2) is 4.98. The average Bonchev–Trinajstić information content (AvgIpc) is 2.89. The number of ketones is 1. The Bertz CT molecular complexity index is 834. The Morgan fingerprint density at radius 3 is 2.71 bits per heavy atom. The molecule has 0 saturated heterocycles. The van der Waals surface area contributed by atoms with Crippen molar-refractivity contribution in [3.63, 3.8) is 0 Å². The number of carbonyl (C=O) groups excluding carboxylic acids is 1. The van der Waals surface area contributed by atoms with Crippen LogP contribution in [0.4, 0.5) is 5.69 Å². The number of aromatic amines is 1. The largest absolute Gasteiger partial charge is 0.495 e. The fourth-order valence-corrected chi connectivity index (χ4v) is 2.45. The van der Waals surface area contributed by atoms with Crippen molar-refractivity contribution < 1.29 is 9.53 Å². The predicted molar refractivity (Wildman–Crippen MR) is 83.9 cm³/mol. The van der Waals surface area contributed by atoms with Crippen LogP contribution in [0.1, 0.15) is 21.5 Å². The van der Waals surface area contributed by atoms with E-state index in [4.69, 9.17) is 10.5 Å². The average molecular weight is 280 g/mol. The number of nitrogen functional groups attached to an aromatic ring is 1. The topological polar surface area (TPSA) is 68.1 Å². The first-order chi connectivity index (χ1) is 10.1. The van der Waals surface area contributed by atoms with E-state index in [-0.39, 0.29) is 5.78 Å². The Kier molecular flexibility index (Phi) is 3.14. The highest BCUT2D eigenvalue weighted by Gasteiger charge is 2.15. The van der Waals surface area contributed by atoms with Crippen molar-refractivity contribution in [1.82, 2.24) is 4.98 Å². The first-order valence-corrected chi connectivity index (χ1v) is 6.66. The van der Waals surface area contributed by atoms with Crippen LogP contribution in [0.15, 0.2) is 42.6 Å². The monoisotopic (exact) mass is 280 g/mol. The molecule has 0 unspecified atom stereocenters. The first-order valence-electron chi connectivity index (χ1n) is 6.66. The molecule has 0 amide bonds. The lowest BCUT2D eigenvalue weighted by Gasteiger charge is -2.06. The highest BCUT2D eigenvalue weighted by atomic mass is 16.5. The van der Waals surface area contributed by atoms with Crippen molar-refractivity contribution in [2.24, 2.45) is 0 Å². The SMILES string of the molecule is COc1ccc(C(=O)c2c[nH]c3ccc(C)cc23)cc1N. The number of aromatic nitrogens is 1. The van der Waals surface area contributed by atoms with E-state index < -0.39 is 0 Å². The van der Waals surface area contributed by atoms with Crippen LogP contribution in [0.5, 0.6) is 5.75 Å². The summed E-state index contributed by atoms with van der Waals surface area (Å²) in [5, 5.41) is 0.925. The van der Waals surface area contributed by atoms with E-state index in [1.807, 2.05) is 25.1 Å². The smallest absolute Gasteiger partial charge is 0.195 e. The fraction of sp³-hybridized carbons (Fsp3) is 0.118. The lowest BCUT2D eigenvalue weighted by Crippen LogP contribution is -2.02. The molecule has 1 aromatic heterocycles. The Morgan fingerprint density at radius 2 is 2.00 bits per heavy atom. The number of nitrogens with two attached hydrogens (primary N) is 1. The molecule has 0 spiro atoms. The number of hydrogen-bond acceptors (Lipinski definition) is 3. The number of nitrogens with one attached hydrogen (secondary N) is 1. The maximum Gasteiger partial charge on any atom is 0.195 e. The molecule has 0 bridgehead atoms. The van der Waals surface area contributed by atoms with Crippen molar-refractivity contribution in [2.45, 2.75) is 6.92 Å². The summed E-state index contributed by atoms with van der Waals surface area (Å²) in [4.78, 5) is 15.8. The van der Waals surface area contributed by atoms with Gasteiger partial charge in [-0.2, -0.15) is 0 Å². The first kappa shape index (κ1) is 13.2. The minimum atomic E-state index is -0.0544. The number of anilines is 1. The maximum absolute atomic E-state index is 12.7. The van der Waals surface area contributed by atoms with E-state index in [9.17, 15) is 4.79 Å². The molecule has 3 N–H and O–H groups in total. The quantitative estimate of drug-likeness (QED) is 0.571. The zero-order chi connectivity index (χ0) is 15.0. The third-order valence-corrected chi connectivity index (χ3v) is 3.57. The summed E-state index contributed by atoms with van der Waals surface area (Å²) in [7, 11) is 1.55. The maximum atomic E-state index is 12.7. The molecule has 3 aromatic rings.